The summed E-state index contributed by atoms with van der Waals surface area (Å²) in [5.41, 5.74) is 0. The third-order valence-electron chi connectivity index (χ3n) is 3.42. The smallest absolute Gasteiger partial charge is 0.322 e. The highest BCUT2D eigenvalue weighted by molar-refractivity contribution is 5.38. The predicted molar refractivity (Wildman–Crippen MR) is 75.8 cm³/mol. The lowest BCUT2D eigenvalue weighted by atomic mass is 10.0. The van der Waals surface area contributed by atoms with Gasteiger partial charge in [0.2, 0.25) is 11.9 Å². The lowest BCUT2D eigenvalue weighted by Crippen LogP contribution is -2.27. The van der Waals surface area contributed by atoms with Crippen molar-refractivity contribution >= 4 is 11.9 Å². The van der Waals surface area contributed by atoms with Crippen molar-refractivity contribution in [1.29, 1.82) is 0 Å². The van der Waals surface area contributed by atoms with Gasteiger partial charge in [-0.2, -0.15) is 15.0 Å². The number of ether oxygens (including phenoxy) is 1. The molecular weight excluding hydrogens is 242 g/mol. The molecule has 1 fully saturated rings. The van der Waals surface area contributed by atoms with Gasteiger partial charge in [-0.1, -0.05) is 6.92 Å². The first-order valence-corrected chi connectivity index (χ1v) is 7.01. The molecule has 2 rings (SSSR count). The maximum Gasteiger partial charge on any atom is 0.322 e. The molecule has 0 radical (unpaired) electrons. The monoisotopic (exact) mass is 265 g/mol. The van der Waals surface area contributed by atoms with E-state index in [1.807, 2.05) is 6.92 Å². The first-order chi connectivity index (χ1) is 9.22. The molecule has 0 aromatic carbocycles. The van der Waals surface area contributed by atoms with Crippen LogP contribution < -0.4 is 15.0 Å². The molecule has 0 saturated carbocycles. The van der Waals surface area contributed by atoms with E-state index in [0.29, 0.717) is 12.0 Å². The number of hydrogen-bond donors (Lipinski definition) is 1. The lowest BCUT2D eigenvalue weighted by molar-refractivity contribution is 0.378. The summed E-state index contributed by atoms with van der Waals surface area (Å²) in [5.74, 6) is 2.08. The molecule has 1 aromatic rings. The normalized spacial score (nSPS) is 19.9. The molecule has 0 amide bonds. The van der Waals surface area contributed by atoms with E-state index < -0.39 is 0 Å². The molecule has 1 aromatic heterocycles. The van der Waals surface area contributed by atoms with E-state index in [4.69, 9.17) is 4.74 Å². The minimum Gasteiger partial charge on any atom is -0.467 e. The van der Waals surface area contributed by atoms with Gasteiger partial charge in [0, 0.05) is 19.6 Å². The zero-order chi connectivity index (χ0) is 13.7. The number of hydrogen-bond acceptors (Lipinski definition) is 6. The number of methoxy groups -OCH3 is 1. The van der Waals surface area contributed by atoms with E-state index >= 15 is 0 Å². The summed E-state index contributed by atoms with van der Waals surface area (Å²) in [6.45, 7) is 7.11. The minimum absolute atomic E-state index is 0.373. The number of nitrogens with zero attached hydrogens (tertiary/aromatic N) is 4. The van der Waals surface area contributed by atoms with Crippen LogP contribution in [0.5, 0.6) is 6.01 Å². The van der Waals surface area contributed by atoms with Gasteiger partial charge < -0.3 is 15.0 Å². The number of rotatable bonds is 4. The Labute approximate surface area is 114 Å². The first-order valence-electron chi connectivity index (χ1n) is 7.01. The van der Waals surface area contributed by atoms with Crippen LogP contribution in [0.4, 0.5) is 11.9 Å². The highest BCUT2D eigenvalue weighted by Gasteiger charge is 2.18. The Balaban J connectivity index is 2.19. The Bertz CT molecular complexity index is 412. The van der Waals surface area contributed by atoms with Crippen LogP contribution in [-0.2, 0) is 0 Å². The van der Waals surface area contributed by atoms with Crippen molar-refractivity contribution in [2.75, 3.05) is 37.0 Å². The second-order valence-corrected chi connectivity index (χ2v) is 5.00. The second kappa shape index (κ2) is 6.54. The Morgan fingerprint density at radius 3 is 2.84 bits per heavy atom. The van der Waals surface area contributed by atoms with Crippen molar-refractivity contribution in [2.45, 2.75) is 33.1 Å². The van der Waals surface area contributed by atoms with Gasteiger partial charge in [0.1, 0.15) is 0 Å². The van der Waals surface area contributed by atoms with Crippen LogP contribution in [0.1, 0.15) is 33.1 Å². The van der Waals surface area contributed by atoms with Crippen LogP contribution in [0.3, 0.4) is 0 Å². The molecular formula is C13H23N5O. The summed E-state index contributed by atoms with van der Waals surface area (Å²) in [6, 6.07) is 0.373. The quantitative estimate of drug-likeness (QED) is 0.897. The summed E-state index contributed by atoms with van der Waals surface area (Å²) in [4.78, 5) is 15.3. The van der Waals surface area contributed by atoms with Gasteiger partial charge in [-0.3, -0.25) is 0 Å². The highest BCUT2D eigenvalue weighted by Crippen LogP contribution is 2.21. The van der Waals surface area contributed by atoms with E-state index in [0.717, 1.165) is 31.5 Å². The van der Waals surface area contributed by atoms with Gasteiger partial charge in [-0.05, 0) is 32.1 Å². The molecule has 0 bridgehead atoms. The summed E-state index contributed by atoms with van der Waals surface area (Å²) < 4.78 is 5.16. The fraction of sp³-hybridized carbons (Fsp3) is 0.769. The van der Waals surface area contributed by atoms with Crippen LogP contribution in [0.15, 0.2) is 0 Å². The number of aromatic nitrogens is 3. The van der Waals surface area contributed by atoms with Crippen molar-refractivity contribution in [1.82, 2.24) is 15.0 Å². The molecule has 6 heteroatoms. The maximum atomic E-state index is 5.16. The predicted octanol–water partition coefficient (Wildman–Crippen LogP) is 1.94. The van der Waals surface area contributed by atoms with Gasteiger partial charge in [0.25, 0.3) is 0 Å². The highest BCUT2D eigenvalue weighted by atomic mass is 16.5. The van der Waals surface area contributed by atoms with Crippen LogP contribution in [0.25, 0.3) is 0 Å². The fourth-order valence-corrected chi connectivity index (χ4v) is 2.28. The summed E-state index contributed by atoms with van der Waals surface area (Å²) in [6.07, 6.45) is 3.65. The lowest BCUT2D eigenvalue weighted by Gasteiger charge is -2.20. The molecule has 1 aliphatic heterocycles. The van der Waals surface area contributed by atoms with Crippen molar-refractivity contribution in [3.63, 3.8) is 0 Å². The fourth-order valence-electron chi connectivity index (χ4n) is 2.28. The van der Waals surface area contributed by atoms with Gasteiger partial charge in [-0.25, -0.2) is 0 Å². The minimum atomic E-state index is 0.373. The summed E-state index contributed by atoms with van der Waals surface area (Å²) in [7, 11) is 1.58. The topological polar surface area (TPSA) is 63.2 Å². The summed E-state index contributed by atoms with van der Waals surface area (Å²) in [5, 5.41) is 3.12. The number of nitrogens with one attached hydrogen (secondary N) is 1. The van der Waals surface area contributed by atoms with Crippen LogP contribution >= 0.6 is 0 Å². The van der Waals surface area contributed by atoms with Crippen molar-refractivity contribution < 1.29 is 4.74 Å². The molecule has 1 aliphatic rings. The van der Waals surface area contributed by atoms with E-state index in [1.54, 1.807) is 7.11 Å². The molecule has 0 spiro atoms. The van der Waals surface area contributed by atoms with Gasteiger partial charge in [-0.15, -0.1) is 0 Å². The van der Waals surface area contributed by atoms with Crippen molar-refractivity contribution in [3.05, 3.63) is 0 Å². The molecule has 2 heterocycles. The van der Waals surface area contributed by atoms with Gasteiger partial charge >= 0.3 is 6.01 Å². The molecule has 1 unspecified atom stereocenters. The second-order valence-electron chi connectivity index (χ2n) is 5.00. The first kappa shape index (κ1) is 13.8. The molecule has 1 N–H and O–H groups in total. The Morgan fingerprint density at radius 1 is 1.26 bits per heavy atom. The number of anilines is 2. The van der Waals surface area contributed by atoms with Crippen LogP contribution in [0, 0.1) is 5.92 Å². The average Bonchev–Trinajstić information content (AvgIpc) is 2.63. The largest absolute Gasteiger partial charge is 0.467 e. The zero-order valence-corrected chi connectivity index (χ0v) is 12.0. The van der Waals surface area contributed by atoms with E-state index in [-0.39, 0.29) is 0 Å². The summed E-state index contributed by atoms with van der Waals surface area (Å²) >= 11 is 0. The van der Waals surface area contributed by atoms with E-state index in [1.165, 1.54) is 19.3 Å². The van der Waals surface area contributed by atoms with E-state index in [2.05, 4.69) is 32.1 Å². The molecule has 6 nitrogen and oxygen atoms in total. The Hall–Kier alpha value is -1.59. The van der Waals surface area contributed by atoms with Crippen molar-refractivity contribution in [3.8, 4) is 6.01 Å². The molecule has 106 valence electrons. The van der Waals surface area contributed by atoms with Crippen LogP contribution in [0.2, 0.25) is 0 Å². The third-order valence-corrected chi connectivity index (χ3v) is 3.42. The zero-order valence-electron chi connectivity index (χ0n) is 12.0. The average molecular weight is 265 g/mol. The maximum absolute atomic E-state index is 5.16. The van der Waals surface area contributed by atoms with Crippen LogP contribution in [-0.4, -0.2) is 41.7 Å². The standard InChI is InChI=1S/C13H23N5O/c1-4-14-11-15-12(17-13(16-11)19-3)18-8-5-6-10(2)7-9-18/h10H,4-9H2,1-3H3,(H,14,15,16,17). The SMILES string of the molecule is CCNc1nc(OC)nc(N2CCCC(C)CC2)n1. The Morgan fingerprint density at radius 2 is 2.11 bits per heavy atom. The molecule has 1 saturated heterocycles. The third kappa shape index (κ3) is 3.68. The molecule has 1 atom stereocenters. The van der Waals surface area contributed by atoms with Gasteiger partial charge in [0.15, 0.2) is 0 Å². The van der Waals surface area contributed by atoms with Crippen molar-refractivity contribution in [2.24, 2.45) is 5.92 Å². The van der Waals surface area contributed by atoms with E-state index in [9.17, 15) is 0 Å². The Kier molecular flexibility index (Phi) is 4.76. The molecule has 19 heavy (non-hydrogen) atoms. The van der Waals surface area contributed by atoms with Gasteiger partial charge in [0.05, 0.1) is 7.11 Å². The molecule has 0 aliphatic carbocycles.